The fraction of sp³-hybridized carbons (Fsp3) is 0.261. The van der Waals surface area contributed by atoms with Gasteiger partial charge in [-0.05, 0) is 35.9 Å². The summed E-state index contributed by atoms with van der Waals surface area (Å²) in [6.45, 7) is 1.78. The Balaban J connectivity index is 1.51. The van der Waals surface area contributed by atoms with E-state index in [0.717, 1.165) is 16.1 Å². The molecular formula is C23H24N4O2S. The number of nitrogens with two attached hydrogens (primary N) is 1. The molecule has 2 N–H and O–H groups in total. The second-order valence-corrected chi connectivity index (χ2v) is 8.38. The van der Waals surface area contributed by atoms with Gasteiger partial charge in [0.2, 0.25) is 11.8 Å². The first kappa shape index (κ1) is 20.1. The molecule has 0 aliphatic carbocycles. The molecule has 2 amide bonds. The summed E-state index contributed by atoms with van der Waals surface area (Å²) in [4.78, 5) is 26.8. The quantitative estimate of drug-likeness (QED) is 0.621. The number of piperidine rings is 1. The van der Waals surface area contributed by atoms with E-state index in [-0.39, 0.29) is 17.7 Å². The molecule has 0 radical (unpaired) electrons. The standard InChI is InChI=1S/C23H24N4O2S/c24-23(29)18-10-12-26(13-11-18)21(28)9-8-19-16-27(15-17-5-2-1-3-6-17)25-22(19)20-7-4-14-30-20/h1-9,14,16,18H,10-13,15H2,(H2,24,29). The van der Waals surface area contributed by atoms with Crippen molar-refractivity contribution < 1.29 is 9.59 Å². The molecule has 3 aromatic rings. The molecule has 6 nitrogen and oxygen atoms in total. The van der Waals surface area contributed by atoms with Gasteiger partial charge in [-0.25, -0.2) is 0 Å². The van der Waals surface area contributed by atoms with Gasteiger partial charge in [-0.2, -0.15) is 5.10 Å². The Morgan fingerprint density at radius 1 is 1.13 bits per heavy atom. The smallest absolute Gasteiger partial charge is 0.246 e. The largest absolute Gasteiger partial charge is 0.369 e. The van der Waals surface area contributed by atoms with Gasteiger partial charge < -0.3 is 10.6 Å². The van der Waals surface area contributed by atoms with Gasteiger partial charge in [0.1, 0.15) is 5.69 Å². The molecule has 1 aromatic carbocycles. The van der Waals surface area contributed by atoms with E-state index < -0.39 is 0 Å². The van der Waals surface area contributed by atoms with E-state index in [1.165, 1.54) is 5.56 Å². The SMILES string of the molecule is NC(=O)C1CCN(C(=O)C=Cc2cn(Cc3ccccc3)nc2-c2cccs2)CC1. The molecule has 0 saturated carbocycles. The van der Waals surface area contributed by atoms with Crippen LogP contribution < -0.4 is 5.73 Å². The molecule has 0 spiro atoms. The predicted octanol–water partition coefficient (Wildman–Crippen LogP) is 3.40. The normalized spacial score (nSPS) is 15.0. The van der Waals surface area contributed by atoms with E-state index >= 15 is 0 Å². The zero-order chi connectivity index (χ0) is 20.9. The zero-order valence-corrected chi connectivity index (χ0v) is 17.4. The van der Waals surface area contributed by atoms with Crippen molar-refractivity contribution in [3.63, 3.8) is 0 Å². The number of hydrogen-bond acceptors (Lipinski definition) is 4. The van der Waals surface area contributed by atoms with Crippen molar-refractivity contribution in [3.8, 4) is 10.6 Å². The van der Waals surface area contributed by atoms with Crippen LogP contribution in [0.5, 0.6) is 0 Å². The van der Waals surface area contributed by atoms with Gasteiger partial charge in [0.05, 0.1) is 11.4 Å². The maximum absolute atomic E-state index is 12.6. The van der Waals surface area contributed by atoms with Crippen molar-refractivity contribution >= 4 is 29.2 Å². The Bertz CT molecular complexity index is 1030. The van der Waals surface area contributed by atoms with Gasteiger partial charge in [0.15, 0.2) is 0 Å². The second-order valence-electron chi connectivity index (χ2n) is 7.43. The zero-order valence-electron chi connectivity index (χ0n) is 16.6. The topological polar surface area (TPSA) is 81.2 Å². The Morgan fingerprint density at radius 2 is 1.90 bits per heavy atom. The Hall–Kier alpha value is -3.19. The molecule has 0 unspecified atom stereocenters. The highest BCUT2D eigenvalue weighted by molar-refractivity contribution is 7.13. The molecule has 1 aliphatic heterocycles. The summed E-state index contributed by atoms with van der Waals surface area (Å²) < 4.78 is 1.91. The van der Waals surface area contributed by atoms with E-state index in [1.54, 1.807) is 22.3 Å². The summed E-state index contributed by atoms with van der Waals surface area (Å²) in [5.74, 6) is -0.449. The number of hydrogen-bond donors (Lipinski definition) is 1. The van der Waals surface area contributed by atoms with E-state index in [9.17, 15) is 9.59 Å². The van der Waals surface area contributed by atoms with Crippen LogP contribution in [0.4, 0.5) is 0 Å². The van der Waals surface area contributed by atoms with Crippen LogP contribution >= 0.6 is 11.3 Å². The van der Waals surface area contributed by atoms with Crippen LogP contribution in [0.25, 0.3) is 16.6 Å². The third kappa shape index (κ3) is 4.68. The summed E-state index contributed by atoms with van der Waals surface area (Å²) in [6.07, 6.45) is 6.68. The molecule has 1 aliphatic rings. The molecule has 154 valence electrons. The summed E-state index contributed by atoms with van der Waals surface area (Å²) in [5.41, 5.74) is 8.33. The number of carbonyl (C=O) groups excluding carboxylic acids is 2. The molecular weight excluding hydrogens is 396 g/mol. The van der Waals surface area contributed by atoms with Gasteiger partial charge in [-0.15, -0.1) is 11.3 Å². The van der Waals surface area contributed by atoms with E-state index in [4.69, 9.17) is 10.8 Å². The number of aromatic nitrogens is 2. The van der Waals surface area contributed by atoms with Crippen LogP contribution in [0.15, 0.2) is 60.1 Å². The predicted molar refractivity (Wildman–Crippen MR) is 119 cm³/mol. The van der Waals surface area contributed by atoms with E-state index in [2.05, 4.69) is 12.1 Å². The van der Waals surface area contributed by atoms with Crippen molar-refractivity contribution in [2.24, 2.45) is 11.7 Å². The molecule has 30 heavy (non-hydrogen) atoms. The summed E-state index contributed by atoms with van der Waals surface area (Å²) in [6, 6.07) is 14.2. The van der Waals surface area contributed by atoms with E-state index in [0.29, 0.717) is 32.5 Å². The van der Waals surface area contributed by atoms with Crippen molar-refractivity contribution in [2.75, 3.05) is 13.1 Å². The lowest BCUT2D eigenvalue weighted by Gasteiger charge is -2.29. The Morgan fingerprint density at radius 3 is 2.57 bits per heavy atom. The maximum Gasteiger partial charge on any atom is 0.246 e. The minimum Gasteiger partial charge on any atom is -0.369 e. The second kappa shape index (κ2) is 9.09. The molecule has 0 bridgehead atoms. The Labute approximate surface area is 179 Å². The fourth-order valence-electron chi connectivity index (χ4n) is 3.67. The van der Waals surface area contributed by atoms with Gasteiger partial charge in [0, 0.05) is 36.8 Å². The lowest BCUT2D eigenvalue weighted by molar-refractivity contribution is -0.130. The van der Waals surface area contributed by atoms with Crippen LogP contribution in [-0.4, -0.2) is 39.6 Å². The lowest BCUT2D eigenvalue weighted by Crippen LogP contribution is -2.41. The first-order chi connectivity index (χ1) is 14.6. The molecule has 3 heterocycles. The van der Waals surface area contributed by atoms with Gasteiger partial charge >= 0.3 is 0 Å². The minimum atomic E-state index is -0.274. The number of carbonyl (C=O) groups is 2. The highest BCUT2D eigenvalue weighted by Gasteiger charge is 2.24. The number of rotatable bonds is 6. The fourth-order valence-corrected chi connectivity index (χ4v) is 4.40. The van der Waals surface area contributed by atoms with Crippen LogP contribution in [0, 0.1) is 5.92 Å². The van der Waals surface area contributed by atoms with Crippen molar-refractivity contribution in [2.45, 2.75) is 19.4 Å². The number of amides is 2. The third-order valence-corrected chi connectivity index (χ3v) is 6.22. The highest BCUT2D eigenvalue weighted by Crippen LogP contribution is 2.28. The Kier molecular flexibility index (Phi) is 6.09. The monoisotopic (exact) mass is 420 g/mol. The van der Waals surface area contributed by atoms with Gasteiger partial charge in [-0.1, -0.05) is 36.4 Å². The average Bonchev–Trinajstić information content (AvgIpc) is 3.42. The summed E-state index contributed by atoms with van der Waals surface area (Å²) in [5, 5.41) is 6.79. The number of benzene rings is 1. The first-order valence-electron chi connectivity index (χ1n) is 10.0. The summed E-state index contributed by atoms with van der Waals surface area (Å²) >= 11 is 1.63. The molecule has 1 fully saturated rings. The van der Waals surface area contributed by atoms with Gasteiger partial charge in [0.25, 0.3) is 0 Å². The molecule has 0 atom stereocenters. The van der Waals surface area contributed by atoms with Crippen molar-refractivity contribution in [1.29, 1.82) is 0 Å². The summed E-state index contributed by atoms with van der Waals surface area (Å²) in [7, 11) is 0. The van der Waals surface area contributed by atoms with E-state index in [1.807, 2.05) is 52.7 Å². The molecule has 4 rings (SSSR count). The third-order valence-electron chi connectivity index (χ3n) is 5.35. The number of nitrogens with zero attached hydrogens (tertiary/aromatic N) is 3. The molecule has 7 heteroatoms. The minimum absolute atomic E-state index is 0.0501. The maximum atomic E-state index is 12.6. The highest BCUT2D eigenvalue weighted by atomic mass is 32.1. The van der Waals surface area contributed by atoms with Crippen LogP contribution in [0.3, 0.4) is 0 Å². The number of likely N-dealkylation sites (tertiary alicyclic amines) is 1. The van der Waals surface area contributed by atoms with Crippen molar-refractivity contribution in [1.82, 2.24) is 14.7 Å². The van der Waals surface area contributed by atoms with Crippen LogP contribution in [0.2, 0.25) is 0 Å². The first-order valence-corrected chi connectivity index (χ1v) is 10.9. The average molecular weight is 421 g/mol. The van der Waals surface area contributed by atoms with Crippen molar-refractivity contribution in [3.05, 3.63) is 71.2 Å². The molecule has 1 saturated heterocycles. The number of thiophene rings is 1. The molecule has 2 aromatic heterocycles. The lowest BCUT2D eigenvalue weighted by atomic mass is 9.96. The number of primary amides is 1. The van der Waals surface area contributed by atoms with Crippen LogP contribution in [-0.2, 0) is 16.1 Å². The van der Waals surface area contributed by atoms with Gasteiger partial charge in [-0.3, -0.25) is 14.3 Å². The van der Waals surface area contributed by atoms with Crippen LogP contribution in [0.1, 0.15) is 24.0 Å².